The lowest BCUT2D eigenvalue weighted by molar-refractivity contribution is -0.137. The number of carbonyl (C=O) groups is 3. The van der Waals surface area contributed by atoms with E-state index in [0.717, 1.165) is 25.0 Å². The highest BCUT2D eigenvalue weighted by molar-refractivity contribution is 8.00. The monoisotopic (exact) mass is 290 g/mol. The number of amides is 2. The zero-order valence-corrected chi connectivity index (χ0v) is 11.2. The zero-order chi connectivity index (χ0) is 14.3. The maximum absolute atomic E-state index is 11.1. The Kier molecular flexibility index (Phi) is 6.48. The van der Waals surface area contributed by atoms with Gasteiger partial charge in [-0.05, 0) is 12.8 Å². The summed E-state index contributed by atoms with van der Waals surface area (Å²) in [5.74, 6) is 0.236. The van der Waals surface area contributed by atoms with E-state index in [1.165, 1.54) is 0 Å². The van der Waals surface area contributed by atoms with Crippen molar-refractivity contribution in [1.82, 2.24) is 10.6 Å². The van der Waals surface area contributed by atoms with Crippen molar-refractivity contribution in [2.75, 3.05) is 5.75 Å². The summed E-state index contributed by atoms with van der Waals surface area (Å²) in [5.41, 5.74) is 0. The summed E-state index contributed by atoms with van der Waals surface area (Å²) in [6, 6.07) is 0.440. The quantitative estimate of drug-likeness (QED) is 0.333. The van der Waals surface area contributed by atoms with Crippen molar-refractivity contribution in [3.63, 3.8) is 0 Å². The topological polar surface area (TPSA) is 116 Å². The fraction of sp³-hybridized carbons (Fsp3) is 0.727. The number of carboxylic acids is 1. The fourth-order valence-corrected chi connectivity index (χ4v) is 3.81. The second-order valence-corrected chi connectivity index (χ2v) is 5.64. The van der Waals surface area contributed by atoms with Crippen molar-refractivity contribution < 1.29 is 24.6 Å². The van der Waals surface area contributed by atoms with Crippen molar-refractivity contribution in [2.45, 2.75) is 43.0 Å². The summed E-state index contributed by atoms with van der Waals surface area (Å²) in [6.45, 7) is -0.250. The highest BCUT2D eigenvalue weighted by atomic mass is 32.2. The van der Waals surface area contributed by atoms with Crippen LogP contribution in [-0.4, -0.2) is 51.8 Å². The normalized spacial score (nSPS) is 27.6. The maximum Gasteiger partial charge on any atom is 0.315 e. The number of nitrogens with one attached hydrogen (secondary N) is 2. The van der Waals surface area contributed by atoms with Crippen LogP contribution in [0.4, 0.5) is 4.79 Å². The molecule has 0 radical (unpaired) electrons. The Labute approximate surface area is 115 Å². The van der Waals surface area contributed by atoms with E-state index < -0.39 is 5.97 Å². The maximum atomic E-state index is 11.1. The minimum Gasteiger partial charge on any atom is -0.483 e. The Morgan fingerprint density at radius 1 is 1.42 bits per heavy atom. The Morgan fingerprint density at radius 2 is 2.11 bits per heavy atom. The zero-order valence-electron chi connectivity index (χ0n) is 10.4. The van der Waals surface area contributed by atoms with Crippen LogP contribution in [0.15, 0.2) is 0 Å². The number of hydrogen-bond donors (Lipinski definition) is 4. The predicted octanol–water partition coefficient (Wildman–Crippen LogP) is 0.498. The molecule has 2 rings (SSSR count). The third-order valence-electron chi connectivity index (χ3n) is 3.07. The molecule has 0 bridgehead atoms. The summed E-state index contributed by atoms with van der Waals surface area (Å²) in [4.78, 5) is 29.8. The molecule has 0 aromatic carbocycles. The molecule has 2 saturated heterocycles. The Balaban J connectivity index is 0.000000550. The minimum absolute atomic E-state index is 0.0640. The molecule has 3 atom stereocenters. The second-order valence-electron chi connectivity index (χ2n) is 4.37. The smallest absolute Gasteiger partial charge is 0.315 e. The molecular weight excluding hydrogens is 272 g/mol. The molecule has 2 aliphatic heterocycles. The molecule has 7 nitrogen and oxygen atoms in total. The van der Waals surface area contributed by atoms with Crippen LogP contribution in [0.5, 0.6) is 0 Å². The summed E-state index contributed by atoms with van der Waals surface area (Å²) >= 11 is 1.87. The number of urea groups is 1. The van der Waals surface area contributed by atoms with Crippen LogP contribution >= 0.6 is 11.8 Å². The van der Waals surface area contributed by atoms with Crippen LogP contribution in [0.25, 0.3) is 0 Å². The average Bonchev–Trinajstić information content (AvgIpc) is 2.85. The molecule has 2 amide bonds. The number of carboxylic acid groups (broad SMARTS) is 2. The largest absolute Gasteiger partial charge is 0.483 e. The number of rotatable bonds is 5. The van der Waals surface area contributed by atoms with E-state index >= 15 is 0 Å². The first-order valence-corrected chi connectivity index (χ1v) is 7.11. The van der Waals surface area contributed by atoms with Crippen LogP contribution in [0.2, 0.25) is 0 Å². The lowest BCUT2D eigenvalue weighted by atomic mass is 10.0. The molecule has 2 aliphatic rings. The summed E-state index contributed by atoms with van der Waals surface area (Å²) < 4.78 is 0. The molecule has 0 aromatic rings. The highest BCUT2D eigenvalue weighted by Crippen LogP contribution is 2.33. The molecule has 4 N–H and O–H groups in total. The third kappa shape index (κ3) is 4.98. The standard InChI is InChI=1S/C10H16N2O3S.CH2O2/c13-8(14)4-2-1-3-7-9-6(5-16-7)11-10(15)12-9;2-1-3/h6-7,9H,1-5H2,(H,13,14)(H2,11,12,15);1H,(H,2,3)/t6-,7-,9-;/m0./s1. The van der Waals surface area contributed by atoms with Gasteiger partial charge in [0, 0.05) is 17.4 Å². The van der Waals surface area contributed by atoms with Crippen LogP contribution in [0.1, 0.15) is 25.7 Å². The fourth-order valence-electron chi connectivity index (χ4n) is 2.26. The van der Waals surface area contributed by atoms with Gasteiger partial charge in [-0.2, -0.15) is 11.8 Å². The minimum atomic E-state index is -0.729. The Hall–Kier alpha value is -1.44. The molecule has 0 aliphatic carbocycles. The number of unbranched alkanes of at least 4 members (excludes halogenated alkanes) is 1. The number of aliphatic carboxylic acids is 1. The molecule has 0 saturated carbocycles. The summed E-state index contributed by atoms with van der Waals surface area (Å²) in [6.07, 6.45) is 2.88. The number of hydrogen-bond acceptors (Lipinski definition) is 4. The van der Waals surface area contributed by atoms with Gasteiger partial charge >= 0.3 is 12.0 Å². The first-order chi connectivity index (χ1) is 9.08. The van der Waals surface area contributed by atoms with Gasteiger partial charge in [0.15, 0.2) is 0 Å². The summed E-state index contributed by atoms with van der Waals surface area (Å²) in [5, 5.41) is 21.7. The Bertz CT molecular complexity index is 339. The van der Waals surface area contributed by atoms with Gasteiger partial charge in [-0.1, -0.05) is 6.42 Å². The van der Waals surface area contributed by atoms with Gasteiger partial charge in [0.1, 0.15) is 0 Å². The van der Waals surface area contributed by atoms with Crippen LogP contribution in [0.3, 0.4) is 0 Å². The van der Waals surface area contributed by atoms with Gasteiger partial charge in [0.05, 0.1) is 12.1 Å². The number of fused-ring (bicyclic) bond motifs is 1. The molecule has 0 unspecified atom stereocenters. The SMILES string of the molecule is O=C(O)CCCC[C@@H]1SC[C@@H]2NC(=O)N[C@@H]21.O=CO. The average molecular weight is 290 g/mol. The van der Waals surface area contributed by atoms with E-state index in [1.54, 1.807) is 0 Å². The Morgan fingerprint density at radius 3 is 2.74 bits per heavy atom. The molecule has 8 heteroatoms. The van der Waals surface area contributed by atoms with Crippen LogP contribution < -0.4 is 10.6 Å². The van der Waals surface area contributed by atoms with E-state index in [1.807, 2.05) is 11.8 Å². The van der Waals surface area contributed by atoms with Gasteiger partial charge in [-0.15, -0.1) is 0 Å². The van der Waals surface area contributed by atoms with Crippen LogP contribution in [-0.2, 0) is 9.59 Å². The predicted molar refractivity (Wildman–Crippen MR) is 70.3 cm³/mol. The highest BCUT2D eigenvalue weighted by Gasteiger charge is 2.42. The number of thioether (sulfide) groups is 1. The first kappa shape index (κ1) is 15.6. The van der Waals surface area contributed by atoms with Crippen molar-refractivity contribution >= 4 is 30.2 Å². The molecule has 2 fully saturated rings. The molecule has 108 valence electrons. The van der Waals surface area contributed by atoms with E-state index in [4.69, 9.17) is 15.0 Å². The van der Waals surface area contributed by atoms with Crippen molar-refractivity contribution in [3.05, 3.63) is 0 Å². The lowest BCUT2D eigenvalue weighted by Gasteiger charge is -2.16. The molecule has 19 heavy (non-hydrogen) atoms. The van der Waals surface area contributed by atoms with E-state index in [9.17, 15) is 9.59 Å². The molecule has 0 spiro atoms. The first-order valence-electron chi connectivity index (χ1n) is 6.06. The molecule has 2 heterocycles. The van der Waals surface area contributed by atoms with Crippen molar-refractivity contribution in [1.29, 1.82) is 0 Å². The van der Waals surface area contributed by atoms with Gasteiger partial charge in [-0.25, -0.2) is 4.79 Å². The lowest BCUT2D eigenvalue weighted by Crippen LogP contribution is -2.36. The van der Waals surface area contributed by atoms with Gasteiger partial charge < -0.3 is 20.8 Å². The summed E-state index contributed by atoms with van der Waals surface area (Å²) in [7, 11) is 0. The number of carbonyl (C=O) groups excluding carboxylic acids is 1. The van der Waals surface area contributed by atoms with Gasteiger partial charge in [-0.3, -0.25) is 9.59 Å². The van der Waals surface area contributed by atoms with Gasteiger partial charge in [0.25, 0.3) is 6.47 Å². The van der Waals surface area contributed by atoms with Crippen molar-refractivity contribution in [3.8, 4) is 0 Å². The second kappa shape index (κ2) is 7.88. The van der Waals surface area contributed by atoms with E-state index in [0.29, 0.717) is 5.25 Å². The third-order valence-corrected chi connectivity index (χ3v) is 4.58. The molecule has 0 aromatic heterocycles. The molecular formula is C11H18N2O5S. The van der Waals surface area contributed by atoms with E-state index in [-0.39, 0.29) is 31.0 Å². The van der Waals surface area contributed by atoms with Crippen LogP contribution in [0, 0.1) is 0 Å². The van der Waals surface area contributed by atoms with E-state index in [2.05, 4.69) is 10.6 Å². The van der Waals surface area contributed by atoms with Crippen molar-refractivity contribution in [2.24, 2.45) is 0 Å². The van der Waals surface area contributed by atoms with Gasteiger partial charge in [0.2, 0.25) is 0 Å².